The average molecular weight is 515 g/mol. The number of benzene rings is 4. The van der Waals surface area contributed by atoms with Gasteiger partial charge in [-0.3, -0.25) is 4.79 Å². The average Bonchev–Trinajstić information content (AvgIpc) is 3.32. The summed E-state index contributed by atoms with van der Waals surface area (Å²) in [6.45, 7) is 2.34. The molecule has 0 spiro atoms. The second kappa shape index (κ2) is 10.0. The van der Waals surface area contributed by atoms with Crippen LogP contribution in [-0.4, -0.2) is 20.3 Å². The number of para-hydroxylation sites is 2. The predicted molar refractivity (Wildman–Crippen MR) is 153 cm³/mol. The van der Waals surface area contributed by atoms with Gasteiger partial charge in [0, 0.05) is 48.2 Å². The minimum Gasteiger partial charge on any atom is -0.342 e. The van der Waals surface area contributed by atoms with Gasteiger partial charge in [0.15, 0.2) is 0 Å². The van der Waals surface area contributed by atoms with Crippen LogP contribution in [0.15, 0.2) is 108 Å². The molecule has 0 atom stereocenters. The number of carbonyl (C=O) groups is 1. The van der Waals surface area contributed by atoms with E-state index in [1.54, 1.807) is 6.07 Å². The molecule has 0 amide bonds. The first-order valence-corrected chi connectivity index (χ1v) is 12.7. The Labute approximate surface area is 224 Å². The van der Waals surface area contributed by atoms with Crippen molar-refractivity contribution >= 4 is 27.9 Å². The number of rotatable bonds is 6. The zero-order valence-corrected chi connectivity index (χ0v) is 21.4. The molecule has 0 bridgehead atoms. The van der Waals surface area contributed by atoms with E-state index in [0.717, 1.165) is 37.9 Å². The lowest BCUT2D eigenvalue weighted by Gasteiger charge is -2.13. The third-order valence-corrected chi connectivity index (χ3v) is 6.77. The van der Waals surface area contributed by atoms with Crippen LogP contribution in [0.5, 0.6) is 0 Å². The zero-order valence-electron chi connectivity index (χ0n) is 21.4. The maximum absolute atomic E-state index is 13.9. The lowest BCUT2D eigenvalue weighted by molar-refractivity contribution is -0.141. The van der Waals surface area contributed by atoms with Gasteiger partial charge in [0.05, 0.1) is 5.52 Å². The van der Waals surface area contributed by atoms with Crippen LogP contribution in [0.1, 0.15) is 18.1 Å². The molecule has 0 radical (unpaired) electrons. The van der Waals surface area contributed by atoms with Gasteiger partial charge in [0.25, 0.3) is 0 Å². The quantitative estimate of drug-likeness (QED) is 0.331. The molecule has 192 valence electrons. The molecular formula is C32H26N4O3. The SMILES string of the molecule is CC(=O)On1c(=O)c(-c2cn(Cc3cccc(CN)c3)c3ccccc23)nc2c(-c3ccccc3)cccc21. The van der Waals surface area contributed by atoms with Gasteiger partial charge < -0.3 is 15.1 Å². The summed E-state index contributed by atoms with van der Waals surface area (Å²) in [7, 11) is 0. The summed E-state index contributed by atoms with van der Waals surface area (Å²) in [4.78, 5) is 36.3. The van der Waals surface area contributed by atoms with Crippen molar-refractivity contribution < 1.29 is 9.63 Å². The molecule has 0 aliphatic carbocycles. The first-order chi connectivity index (χ1) is 19.0. The highest BCUT2D eigenvalue weighted by atomic mass is 16.7. The molecule has 6 aromatic rings. The van der Waals surface area contributed by atoms with Gasteiger partial charge in [-0.1, -0.05) is 84.9 Å². The normalized spacial score (nSPS) is 11.2. The number of nitrogens with two attached hydrogens (primary N) is 1. The number of fused-ring (bicyclic) bond motifs is 2. The van der Waals surface area contributed by atoms with Crippen LogP contribution in [0.25, 0.3) is 44.3 Å². The standard InChI is InChI=1S/C32H26N4O3/c1-21(37)39-36-29-16-8-14-25(24-11-3-2-4-12-24)30(29)34-31(32(36)38)27-20-35(28-15-6-5-13-26(27)28)19-23-10-7-9-22(17-23)18-33/h2-17,20H,18-19,33H2,1H3. The number of carbonyl (C=O) groups excluding carboxylic acids is 1. The minimum atomic E-state index is -0.595. The molecule has 0 saturated carbocycles. The van der Waals surface area contributed by atoms with Gasteiger partial charge >= 0.3 is 11.5 Å². The summed E-state index contributed by atoms with van der Waals surface area (Å²) < 4.78 is 3.16. The molecule has 0 aliphatic rings. The van der Waals surface area contributed by atoms with E-state index in [1.165, 1.54) is 6.92 Å². The van der Waals surface area contributed by atoms with E-state index in [1.807, 2.05) is 85.1 Å². The van der Waals surface area contributed by atoms with Gasteiger partial charge in [0.2, 0.25) is 0 Å². The van der Waals surface area contributed by atoms with Crippen LogP contribution in [0.4, 0.5) is 0 Å². The summed E-state index contributed by atoms with van der Waals surface area (Å²) in [6, 6.07) is 31.4. The summed E-state index contributed by atoms with van der Waals surface area (Å²) in [5, 5.41) is 0.878. The minimum absolute atomic E-state index is 0.206. The third kappa shape index (κ3) is 4.49. The molecule has 7 heteroatoms. The van der Waals surface area contributed by atoms with E-state index in [-0.39, 0.29) is 5.69 Å². The summed E-state index contributed by atoms with van der Waals surface area (Å²) in [5.74, 6) is -0.595. The zero-order chi connectivity index (χ0) is 26.9. The van der Waals surface area contributed by atoms with Crippen LogP contribution in [-0.2, 0) is 17.9 Å². The van der Waals surface area contributed by atoms with Crippen LogP contribution < -0.4 is 16.1 Å². The van der Waals surface area contributed by atoms with Crippen molar-refractivity contribution in [1.29, 1.82) is 0 Å². The van der Waals surface area contributed by atoms with Gasteiger partial charge in [-0.15, -0.1) is 4.73 Å². The predicted octanol–water partition coefficient (Wildman–Crippen LogP) is 5.17. The van der Waals surface area contributed by atoms with Gasteiger partial charge in [0.1, 0.15) is 11.2 Å². The van der Waals surface area contributed by atoms with Crippen LogP contribution in [0.3, 0.4) is 0 Å². The van der Waals surface area contributed by atoms with E-state index in [2.05, 4.69) is 16.7 Å². The fourth-order valence-corrected chi connectivity index (χ4v) is 5.04. The number of nitrogens with zero attached hydrogens (tertiary/aromatic N) is 3. The van der Waals surface area contributed by atoms with Crippen molar-refractivity contribution in [1.82, 2.24) is 14.3 Å². The molecule has 39 heavy (non-hydrogen) atoms. The van der Waals surface area contributed by atoms with E-state index >= 15 is 0 Å². The molecule has 0 aliphatic heterocycles. The lowest BCUT2D eigenvalue weighted by atomic mass is 10.0. The van der Waals surface area contributed by atoms with Gasteiger partial charge in [-0.25, -0.2) is 9.78 Å². The topological polar surface area (TPSA) is 92.1 Å². The van der Waals surface area contributed by atoms with Crippen LogP contribution in [0.2, 0.25) is 0 Å². The second-order valence-corrected chi connectivity index (χ2v) is 9.39. The van der Waals surface area contributed by atoms with Crippen molar-refractivity contribution in [2.24, 2.45) is 5.73 Å². The number of aromatic nitrogens is 3. The fourth-order valence-electron chi connectivity index (χ4n) is 5.04. The molecule has 2 N–H and O–H groups in total. The van der Waals surface area contributed by atoms with Crippen molar-refractivity contribution in [3.8, 4) is 22.4 Å². The Morgan fingerprint density at radius 2 is 1.56 bits per heavy atom. The van der Waals surface area contributed by atoms with E-state index in [9.17, 15) is 9.59 Å². The summed E-state index contributed by atoms with van der Waals surface area (Å²) in [6.07, 6.45) is 1.94. The highest BCUT2D eigenvalue weighted by molar-refractivity contribution is 5.98. The highest BCUT2D eigenvalue weighted by Gasteiger charge is 2.21. The Balaban J connectivity index is 1.61. The maximum Gasteiger partial charge on any atom is 0.330 e. The van der Waals surface area contributed by atoms with Crippen LogP contribution in [0, 0.1) is 0 Å². The Morgan fingerprint density at radius 3 is 2.36 bits per heavy atom. The largest absolute Gasteiger partial charge is 0.342 e. The Kier molecular flexibility index (Phi) is 6.26. The summed E-state index contributed by atoms with van der Waals surface area (Å²) >= 11 is 0. The molecular weight excluding hydrogens is 488 g/mol. The highest BCUT2D eigenvalue weighted by Crippen LogP contribution is 2.32. The molecule has 2 aromatic heterocycles. The molecule has 0 fully saturated rings. The second-order valence-electron chi connectivity index (χ2n) is 9.39. The number of hydrogen-bond acceptors (Lipinski definition) is 5. The van der Waals surface area contributed by atoms with E-state index in [0.29, 0.717) is 29.7 Å². The van der Waals surface area contributed by atoms with Gasteiger partial charge in [-0.05, 0) is 28.8 Å². The van der Waals surface area contributed by atoms with E-state index < -0.39 is 11.5 Å². The van der Waals surface area contributed by atoms with Crippen LogP contribution >= 0.6 is 0 Å². The first kappa shape index (κ1) is 24.3. The van der Waals surface area contributed by atoms with Crippen molar-refractivity contribution in [3.05, 3.63) is 125 Å². The third-order valence-electron chi connectivity index (χ3n) is 6.77. The molecule has 7 nitrogen and oxygen atoms in total. The monoisotopic (exact) mass is 514 g/mol. The molecule has 0 saturated heterocycles. The molecule has 6 rings (SSSR count). The molecule has 0 unspecified atom stereocenters. The fraction of sp³-hybridized carbons (Fsp3) is 0.0938. The van der Waals surface area contributed by atoms with Crippen molar-refractivity contribution in [3.63, 3.8) is 0 Å². The smallest absolute Gasteiger partial charge is 0.330 e. The molecule has 4 aromatic carbocycles. The Bertz CT molecular complexity index is 1900. The van der Waals surface area contributed by atoms with Crippen molar-refractivity contribution in [2.75, 3.05) is 0 Å². The summed E-state index contributed by atoms with van der Waals surface area (Å²) in [5.41, 5.74) is 12.1. The molecule has 2 heterocycles. The Morgan fingerprint density at radius 1 is 0.846 bits per heavy atom. The number of hydrogen-bond donors (Lipinski definition) is 1. The first-order valence-electron chi connectivity index (χ1n) is 12.7. The van der Waals surface area contributed by atoms with Gasteiger partial charge in [-0.2, -0.15) is 0 Å². The van der Waals surface area contributed by atoms with E-state index in [4.69, 9.17) is 15.6 Å². The maximum atomic E-state index is 13.9. The Hall–Kier alpha value is -5.01. The van der Waals surface area contributed by atoms with Crippen molar-refractivity contribution in [2.45, 2.75) is 20.0 Å². The lowest BCUT2D eigenvalue weighted by Crippen LogP contribution is -2.31.